The molecule has 0 fully saturated rings. The first-order valence-corrected chi connectivity index (χ1v) is 19.9. The van der Waals surface area contributed by atoms with Gasteiger partial charge in [-0.3, -0.25) is 9.97 Å². The fourth-order valence-electron chi connectivity index (χ4n) is 8.27. The average Bonchev–Trinajstić information content (AvgIpc) is 3.79. The smallest absolute Gasteiger partial charge is 0.0967 e. The Morgan fingerprint density at radius 2 is 0.704 bits per heavy atom. The number of pyridine rings is 2. The van der Waals surface area contributed by atoms with E-state index in [0.29, 0.717) is 0 Å². The Bertz CT molecular complexity index is 3060. The molecule has 4 heterocycles. The Hall–Kier alpha value is -6.20. The summed E-state index contributed by atoms with van der Waals surface area (Å²) >= 11 is 3.72. The number of hydrogen-bond donors (Lipinski definition) is 0. The average molecular weight is 725 g/mol. The van der Waals surface area contributed by atoms with Crippen LogP contribution in [0.5, 0.6) is 0 Å². The van der Waals surface area contributed by atoms with E-state index in [2.05, 4.69) is 159 Å². The van der Waals surface area contributed by atoms with Crippen molar-refractivity contribution in [3.8, 4) is 44.5 Å². The van der Waals surface area contributed by atoms with Gasteiger partial charge in [-0.15, -0.1) is 22.7 Å². The van der Waals surface area contributed by atoms with Crippen LogP contribution in [0.1, 0.15) is 11.1 Å². The second kappa shape index (κ2) is 12.2. The number of fused-ring (bicyclic) bond motifs is 9. The minimum Gasteiger partial charge on any atom is -0.253 e. The molecule has 0 amide bonds. The Balaban J connectivity index is 0.901. The van der Waals surface area contributed by atoms with Crippen LogP contribution in [0, 0.1) is 13.8 Å². The summed E-state index contributed by atoms with van der Waals surface area (Å²) < 4.78 is 5.32. The van der Waals surface area contributed by atoms with E-state index in [0.717, 1.165) is 32.9 Å². The van der Waals surface area contributed by atoms with Gasteiger partial charge < -0.3 is 0 Å². The van der Waals surface area contributed by atoms with Crippen molar-refractivity contribution < 1.29 is 0 Å². The summed E-state index contributed by atoms with van der Waals surface area (Å²) in [7, 11) is 0. The van der Waals surface area contributed by atoms with Crippen LogP contribution < -0.4 is 0 Å². The zero-order chi connectivity index (χ0) is 35.9. The monoisotopic (exact) mass is 724 g/mol. The van der Waals surface area contributed by atoms with Crippen molar-refractivity contribution in [2.24, 2.45) is 0 Å². The van der Waals surface area contributed by atoms with Gasteiger partial charge in [0.15, 0.2) is 0 Å². The molecule has 0 radical (unpaired) electrons. The number of aryl methyl sites for hydroxylation is 2. The minimum atomic E-state index is 0.947. The molecule has 4 heteroatoms. The van der Waals surface area contributed by atoms with Crippen LogP contribution in [0.15, 0.2) is 158 Å². The van der Waals surface area contributed by atoms with Crippen molar-refractivity contribution in [3.05, 3.63) is 169 Å². The third-order valence-electron chi connectivity index (χ3n) is 11.2. The van der Waals surface area contributed by atoms with E-state index >= 15 is 0 Å². The Morgan fingerprint density at radius 3 is 1.15 bits per heavy atom. The van der Waals surface area contributed by atoms with Gasteiger partial charge in [-0.05, 0) is 94.8 Å². The lowest BCUT2D eigenvalue weighted by Gasteiger charge is -2.14. The highest BCUT2D eigenvalue weighted by Gasteiger charge is 2.15. The van der Waals surface area contributed by atoms with Crippen molar-refractivity contribution in [2.75, 3.05) is 0 Å². The highest BCUT2D eigenvalue weighted by molar-refractivity contribution is 7.26. The van der Waals surface area contributed by atoms with Crippen molar-refractivity contribution in [1.29, 1.82) is 0 Å². The van der Waals surface area contributed by atoms with Gasteiger partial charge in [0.25, 0.3) is 0 Å². The van der Waals surface area contributed by atoms with Crippen LogP contribution in [0.2, 0.25) is 0 Å². The maximum atomic E-state index is 5.05. The molecule has 0 aliphatic heterocycles. The molecule has 0 unspecified atom stereocenters. The van der Waals surface area contributed by atoms with E-state index in [1.165, 1.54) is 84.9 Å². The first kappa shape index (κ1) is 31.3. The van der Waals surface area contributed by atoms with Crippen LogP contribution >= 0.6 is 22.7 Å². The van der Waals surface area contributed by atoms with Crippen LogP contribution in [0.3, 0.4) is 0 Å². The molecule has 0 aliphatic carbocycles. The van der Waals surface area contributed by atoms with E-state index in [1.807, 2.05) is 35.1 Å². The van der Waals surface area contributed by atoms with E-state index < -0.39 is 0 Å². The van der Waals surface area contributed by atoms with E-state index in [-0.39, 0.29) is 0 Å². The van der Waals surface area contributed by atoms with Crippen molar-refractivity contribution in [1.82, 2.24) is 9.97 Å². The normalized spacial score (nSPS) is 11.9. The molecule has 11 rings (SSSR count). The fourth-order valence-corrected chi connectivity index (χ4v) is 10.4. The second-order valence-corrected chi connectivity index (χ2v) is 16.4. The standard InChI is InChI=1S/C50H32N2S2/c1-29-37-21-22-38-30(2)44(34-17-13-32(14-18-34)36-20-24-48-42(26-36)40-8-4-6-10-46(40)54-48)28-52-50(38)49(37)51-27-43(29)33-15-11-31(12-16-33)35-19-23-47-41(25-35)39-7-3-5-9-45(39)53-47/h3-28H,1-2H3. The fraction of sp³-hybridized carbons (Fsp3) is 0.0400. The first-order valence-electron chi connectivity index (χ1n) is 18.3. The minimum absolute atomic E-state index is 0.947. The summed E-state index contributed by atoms with van der Waals surface area (Å²) in [4.78, 5) is 10.1. The first-order chi connectivity index (χ1) is 26.6. The van der Waals surface area contributed by atoms with Crippen molar-refractivity contribution in [3.63, 3.8) is 0 Å². The predicted molar refractivity (Wildman–Crippen MR) is 234 cm³/mol. The molecule has 11 aromatic rings. The summed E-state index contributed by atoms with van der Waals surface area (Å²) in [6.07, 6.45) is 4.05. The SMILES string of the molecule is Cc1c(-c2ccc(-c3ccc4sc5ccccc5c4c3)cc2)cnc2c1ccc1c(C)c(-c3ccc(-c4ccc5sc6ccccc6c5c4)cc3)cnc12. The van der Waals surface area contributed by atoms with Gasteiger partial charge in [-0.2, -0.15) is 0 Å². The zero-order valence-electron chi connectivity index (χ0n) is 29.7. The van der Waals surface area contributed by atoms with Gasteiger partial charge in [0.2, 0.25) is 0 Å². The van der Waals surface area contributed by atoms with Gasteiger partial charge in [0.1, 0.15) is 0 Å². The zero-order valence-corrected chi connectivity index (χ0v) is 31.4. The molecular weight excluding hydrogens is 693 g/mol. The lowest BCUT2D eigenvalue weighted by atomic mass is 9.93. The third-order valence-corrected chi connectivity index (χ3v) is 13.5. The summed E-state index contributed by atoms with van der Waals surface area (Å²) in [5.74, 6) is 0. The summed E-state index contributed by atoms with van der Waals surface area (Å²) in [6, 6.07) is 53.3. The molecule has 254 valence electrons. The van der Waals surface area contributed by atoms with Gasteiger partial charge >= 0.3 is 0 Å². The highest BCUT2D eigenvalue weighted by atomic mass is 32.1. The maximum Gasteiger partial charge on any atom is 0.0967 e. The summed E-state index contributed by atoms with van der Waals surface area (Å²) in [5.41, 5.74) is 13.9. The van der Waals surface area contributed by atoms with Crippen molar-refractivity contribution in [2.45, 2.75) is 13.8 Å². The highest BCUT2D eigenvalue weighted by Crippen LogP contribution is 2.40. The molecule has 2 nitrogen and oxygen atoms in total. The molecule has 0 saturated carbocycles. The van der Waals surface area contributed by atoms with Gasteiger partial charge in [-0.1, -0.05) is 109 Å². The van der Waals surface area contributed by atoms with Gasteiger partial charge in [0.05, 0.1) is 11.0 Å². The van der Waals surface area contributed by atoms with E-state index in [1.54, 1.807) is 0 Å². The number of hydrogen-bond acceptors (Lipinski definition) is 4. The molecular formula is C50H32N2S2. The van der Waals surface area contributed by atoms with Crippen LogP contribution in [0.25, 0.3) is 107 Å². The van der Waals surface area contributed by atoms with Crippen LogP contribution in [-0.4, -0.2) is 9.97 Å². The Labute approximate surface area is 320 Å². The quantitative estimate of drug-likeness (QED) is 0.169. The van der Waals surface area contributed by atoms with Crippen LogP contribution in [-0.2, 0) is 0 Å². The van der Waals surface area contributed by atoms with Crippen LogP contribution in [0.4, 0.5) is 0 Å². The number of thiophene rings is 2. The Kier molecular flexibility index (Phi) is 7.06. The van der Waals surface area contributed by atoms with Crippen molar-refractivity contribution >= 4 is 84.8 Å². The predicted octanol–water partition coefficient (Wildman–Crippen LogP) is 14.8. The molecule has 54 heavy (non-hydrogen) atoms. The molecule has 0 saturated heterocycles. The van der Waals surface area contributed by atoms with Gasteiger partial charge in [-0.25, -0.2) is 0 Å². The molecule has 0 aliphatic rings. The second-order valence-electron chi connectivity index (χ2n) is 14.2. The molecule has 7 aromatic carbocycles. The molecule has 0 bridgehead atoms. The lowest BCUT2D eigenvalue weighted by Crippen LogP contribution is -1.94. The van der Waals surface area contributed by atoms with E-state index in [9.17, 15) is 0 Å². The molecule has 4 aromatic heterocycles. The topological polar surface area (TPSA) is 25.8 Å². The van der Waals surface area contributed by atoms with Gasteiger partial charge in [0, 0.05) is 74.6 Å². The summed E-state index contributed by atoms with van der Waals surface area (Å²) in [6.45, 7) is 4.41. The number of rotatable bonds is 4. The Morgan fingerprint density at radius 1 is 0.333 bits per heavy atom. The molecule has 0 atom stereocenters. The number of benzene rings is 7. The summed E-state index contributed by atoms with van der Waals surface area (Å²) in [5, 5.41) is 7.58. The maximum absolute atomic E-state index is 5.05. The third kappa shape index (κ3) is 4.91. The molecule has 0 N–H and O–H groups in total. The van der Waals surface area contributed by atoms with E-state index in [4.69, 9.17) is 9.97 Å². The number of nitrogens with zero attached hydrogens (tertiary/aromatic N) is 2. The lowest BCUT2D eigenvalue weighted by molar-refractivity contribution is 1.33. The number of aromatic nitrogens is 2. The largest absolute Gasteiger partial charge is 0.253 e. The molecule has 0 spiro atoms.